The number of fused-ring (bicyclic) bond motifs is 1. The number of nitrogens with one attached hydrogen (secondary N) is 1. The van der Waals surface area contributed by atoms with Crippen molar-refractivity contribution >= 4 is 10.9 Å². The molecule has 1 atom stereocenters. The Labute approximate surface area is 100 Å². The first-order valence-corrected chi connectivity index (χ1v) is 5.84. The molecule has 2 heteroatoms. The van der Waals surface area contributed by atoms with Crippen LogP contribution in [0.3, 0.4) is 0 Å². The highest BCUT2D eigenvalue weighted by molar-refractivity contribution is 5.82. The average molecular weight is 222 g/mol. The van der Waals surface area contributed by atoms with Gasteiger partial charge < -0.3 is 0 Å². The van der Waals surface area contributed by atoms with Crippen LogP contribution in [0.4, 0.5) is 0 Å². The Kier molecular flexibility index (Phi) is 2.41. The highest BCUT2D eigenvalue weighted by Crippen LogP contribution is 2.27. The summed E-state index contributed by atoms with van der Waals surface area (Å²) in [5.41, 5.74) is 3.53. The minimum absolute atomic E-state index is 0.337. The van der Waals surface area contributed by atoms with Crippen LogP contribution in [0.5, 0.6) is 0 Å². The van der Waals surface area contributed by atoms with Gasteiger partial charge in [-0.2, -0.15) is 5.10 Å². The predicted molar refractivity (Wildman–Crippen MR) is 70.1 cm³/mol. The Morgan fingerprint density at radius 3 is 2.47 bits per heavy atom. The summed E-state index contributed by atoms with van der Waals surface area (Å²) in [4.78, 5) is 0. The molecule has 0 amide bonds. The third kappa shape index (κ3) is 1.72. The summed E-state index contributed by atoms with van der Waals surface area (Å²) in [5.74, 6) is 0.337. The second-order valence-electron chi connectivity index (χ2n) is 4.29. The highest BCUT2D eigenvalue weighted by atomic mass is 15.1. The largest absolute Gasteiger partial charge is 0.281 e. The van der Waals surface area contributed by atoms with E-state index in [1.54, 1.807) is 0 Å². The SMILES string of the molecule is CC(c1ccccc1)c1[nH]nc2ccccc12. The first-order valence-electron chi connectivity index (χ1n) is 5.84. The fraction of sp³-hybridized carbons (Fsp3) is 0.133. The van der Waals surface area contributed by atoms with Gasteiger partial charge in [-0.05, 0) is 11.6 Å². The number of rotatable bonds is 2. The van der Waals surface area contributed by atoms with Crippen LogP contribution in [0.1, 0.15) is 24.1 Å². The van der Waals surface area contributed by atoms with Gasteiger partial charge in [-0.3, -0.25) is 5.10 Å². The number of benzene rings is 2. The fourth-order valence-electron chi connectivity index (χ4n) is 2.22. The van der Waals surface area contributed by atoms with Gasteiger partial charge in [0.05, 0.1) is 11.2 Å². The van der Waals surface area contributed by atoms with E-state index in [-0.39, 0.29) is 0 Å². The van der Waals surface area contributed by atoms with Gasteiger partial charge in [0.15, 0.2) is 0 Å². The van der Waals surface area contributed by atoms with Crippen LogP contribution in [-0.4, -0.2) is 10.2 Å². The van der Waals surface area contributed by atoms with Gasteiger partial charge in [0.1, 0.15) is 0 Å². The summed E-state index contributed by atoms with van der Waals surface area (Å²) in [5, 5.41) is 8.71. The van der Waals surface area contributed by atoms with E-state index >= 15 is 0 Å². The minimum Gasteiger partial charge on any atom is -0.281 e. The van der Waals surface area contributed by atoms with E-state index in [9.17, 15) is 0 Å². The normalized spacial score (nSPS) is 12.8. The number of aromatic amines is 1. The Morgan fingerprint density at radius 2 is 1.65 bits per heavy atom. The smallest absolute Gasteiger partial charge is 0.0923 e. The lowest BCUT2D eigenvalue weighted by Crippen LogP contribution is -1.96. The molecule has 0 bridgehead atoms. The Morgan fingerprint density at radius 1 is 0.941 bits per heavy atom. The molecule has 3 rings (SSSR count). The molecule has 0 aliphatic carbocycles. The van der Waals surface area contributed by atoms with Gasteiger partial charge in [0.2, 0.25) is 0 Å². The van der Waals surface area contributed by atoms with E-state index in [4.69, 9.17) is 0 Å². The quantitative estimate of drug-likeness (QED) is 0.703. The van der Waals surface area contributed by atoms with E-state index in [1.807, 2.05) is 18.2 Å². The summed E-state index contributed by atoms with van der Waals surface area (Å²) in [7, 11) is 0. The third-order valence-electron chi connectivity index (χ3n) is 3.22. The number of aromatic nitrogens is 2. The zero-order chi connectivity index (χ0) is 11.7. The van der Waals surface area contributed by atoms with E-state index in [1.165, 1.54) is 16.6 Å². The Hall–Kier alpha value is -2.09. The zero-order valence-electron chi connectivity index (χ0n) is 9.72. The molecule has 1 heterocycles. The lowest BCUT2D eigenvalue weighted by Gasteiger charge is -2.10. The van der Waals surface area contributed by atoms with Crippen LogP contribution in [0.2, 0.25) is 0 Å². The van der Waals surface area contributed by atoms with Crippen LogP contribution in [0.15, 0.2) is 54.6 Å². The van der Waals surface area contributed by atoms with Crippen molar-refractivity contribution in [2.75, 3.05) is 0 Å². The maximum absolute atomic E-state index is 4.34. The van der Waals surface area contributed by atoms with Crippen LogP contribution in [0.25, 0.3) is 10.9 Å². The summed E-state index contributed by atoms with van der Waals surface area (Å²) in [6, 6.07) is 18.7. The molecule has 84 valence electrons. The summed E-state index contributed by atoms with van der Waals surface area (Å²) in [6.07, 6.45) is 0. The minimum atomic E-state index is 0.337. The molecular weight excluding hydrogens is 208 g/mol. The second-order valence-corrected chi connectivity index (χ2v) is 4.29. The van der Waals surface area contributed by atoms with Crippen LogP contribution in [0, 0.1) is 0 Å². The third-order valence-corrected chi connectivity index (χ3v) is 3.22. The highest BCUT2D eigenvalue weighted by Gasteiger charge is 2.13. The topological polar surface area (TPSA) is 28.7 Å². The predicted octanol–water partition coefficient (Wildman–Crippen LogP) is 3.71. The van der Waals surface area contributed by atoms with Gasteiger partial charge in [-0.1, -0.05) is 55.5 Å². The van der Waals surface area contributed by atoms with Crippen LogP contribution < -0.4 is 0 Å². The van der Waals surface area contributed by atoms with E-state index in [0.29, 0.717) is 5.92 Å². The molecule has 0 radical (unpaired) electrons. The van der Waals surface area contributed by atoms with Crippen molar-refractivity contribution in [3.63, 3.8) is 0 Å². The molecule has 17 heavy (non-hydrogen) atoms. The molecule has 3 aromatic rings. The van der Waals surface area contributed by atoms with Gasteiger partial charge >= 0.3 is 0 Å². The lowest BCUT2D eigenvalue weighted by molar-refractivity contribution is 0.862. The zero-order valence-corrected chi connectivity index (χ0v) is 9.72. The molecule has 0 saturated heterocycles. The lowest BCUT2D eigenvalue weighted by atomic mass is 9.96. The second kappa shape index (κ2) is 4.06. The molecule has 0 aliphatic heterocycles. The van der Waals surface area contributed by atoms with Crippen molar-refractivity contribution in [3.05, 3.63) is 65.9 Å². The summed E-state index contributed by atoms with van der Waals surface area (Å²) >= 11 is 0. The van der Waals surface area contributed by atoms with Crippen molar-refractivity contribution < 1.29 is 0 Å². The van der Waals surface area contributed by atoms with Crippen LogP contribution in [-0.2, 0) is 0 Å². The van der Waals surface area contributed by atoms with Gasteiger partial charge in [-0.25, -0.2) is 0 Å². The summed E-state index contributed by atoms with van der Waals surface area (Å²) in [6.45, 7) is 2.20. The maximum Gasteiger partial charge on any atom is 0.0923 e. The number of H-pyrrole nitrogens is 1. The maximum atomic E-state index is 4.34. The standard InChI is InChI=1S/C15H14N2/c1-11(12-7-3-2-4-8-12)15-13-9-5-6-10-14(13)16-17-15/h2-11H,1H3,(H,16,17). The van der Waals surface area contributed by atoms with Gasteiger partial charge in [-0.15, -0.1) is 0 Å². The van der Waals surface area contributed by atoms with Gasteiger partial charge in [0.25, 0.3) is 0 Å². The molecule has 0 saturated carbocycles. The van der Waals surface area contributed by atoms with Gasteiger partial charge in [0, 0.05) is 11.3 Å². The monoisotopic (exact) mass is 222 g/mol. The van der Waals surface area contributed by atoms with Crippen molar-refractivity contribution in [1.29, 1.82) is 0 Å². The van der Waals surface area contributed by atoms with Crippen molar-refractivity contribution in [2.24, 2.45) is 0 Å². The molecular formula is C15H14N2. The van der Waals surface area contributed by atoms with Crippen molar-refractivity contribution in [1.82, 2.24) is 10.2 Å². The first kappa shape index (κ1) is 10.1. The van der Waals surface area contributed by atoms with E-state index in [2.05, 4.69) is 53.5 Å². The summed E-state index contributed by atoms with van der Waals surface area (Å²) < 4.78 is 0. The molecule has 1 aromatic heterocycles. The fourth-order valence-corrected chi connectivity index (χ4v) is 2.22. The number of hydrogen-bond acceptors (Lipinski definition) is 1. The first-order chi connectivity index (χ1) is 8.36. The Balaban J connectivity index is 2.10. The van der Waals surface area contributed by atoms with Crippen molar-refractivity contribution in [2.45, 2.75) is 12.8 Å². The average Bonchev–Trinajstić information content (AvgIpc) is 2.83. The molecule has 1 N–H and O–H groups in total. The molecule has 1 unspecified atom stereocenters. The molecule has 2 nitrogen and oxygen atoms in total. The van der Waals surface area contributed by atoms with E-state index in [0.717, 1.165) is 5.52 Å². The molecule has 0 fully saturated rings. The number of nitrogens with zero attached hydrogens (tertiary/aromatic N) is 1. The molecule has 2 aromatic carbocycles. The van der Waals surface area contributed by atoms with E-state index < -0.39 is 0 Å². The molecule has 0 aliphatic rings. The number of para-hydroxylation sites is 1. The van der Waals surface area contributed by atoms with Crippen molar-refractivity contribution in [3.8, 4) is 0 Å². The number of hydrogen-bond donors (Lipinski definition) is 1. The Bertz CT molecular complexity index is 625. The van der Waals surface area contributed by atoms with Crippen LogP contribution >= 0.6 is 0 Å². The molecule has 0 spiro atoms.